The molecule has 0 aromatic rings. The zero-order chi connectivity index (χ0) is 15.7. The fourth-order valence-electron chi connectivity index (χ4n) is 3.07. The van der Waals surface area contributed by atoms with Crippen LogP contribution in [0.1, 0.15) is 77.6 Å². The Bertz CT molecular complexity index is 367. The van der Waals surface area contributed by atoms with Gasteiger partial charge in [0.15, 0.2) is 0 Å². The molecular weight excluding hydrogens is 270 g/mol. The van der Waals surface area contributed by atoms with Crippen LogP contribution in [0.3, 0.4) is 0 Å². The predicted octanol–water partition coefficient (Wildman–Crippen LogP) is 3.71. The van der Waals surface area contributed by atoms with E-state index in [0.29, 0.717) is 6.42 Å². The molecule has 1 aliphatic rings. The Morgan fingerprint density at radius 3 is 2.05 bits per heavy atom. The third kappa shape index (κ3) is 5.94. The first-order chi connectivity index (χ1) is 10.1. The maximum atomic E-state index is 11.4. The van der Waals surface area contributed by atoms with E-state index in [2.05, 4.69) is 6.92 Å². The molecule has 120 valence electrons. The highest BCUT2D eigenvalue weighted by molar-refractivity contribution is 6.40. The number of unbranched alkanes of at least 4 members (excludes halogenated alkanes) is 8. The Labute approximate surface area is 126 Å². The van der Waals surface area contributed by atoms with Crippen LogP contribution < -0.4 is 0 Å². The van der Waals surface area contributed by atoms with Crippen molar-refractivity contribution in [1.29, 1.82) is 0 Å². The summed E-state index contributed by atoms with van der Waals surface area (Å²) >= 11 is 0. The van der Waals surface area contributed by atoms with Crippen molar-refractivity contribution in [1.82, 2.24) is 0 Å². The quantitative estimate of drug-likeness (QED) is 0.252. The number of carbonyl (C=O) groups is 2. The Morgan fingerprint density at radius 2 is 1.52 bits per heavy atom. The third-order valence-corrected chi connectivity index (χ3v) is 4.34. The second-order valence-corrected chi connectivity index (χ2v) is 6.10. The molecule has 0 bridgehead atoms. The molecule has 0 spiro atoms. The summed E-state index contributed by atoms with van der Waals surface area (Å²) < 4.78 is 0. The fourth-order valence-corrected chi connectivity index (χ4v) is 3.07. The Hall–Kier alpha value is -1.26. The van der Waals surface area contributed by atoms with Gasteiger partial charge in [0.05, 0.1) is 0 Å². The molecular formula is C16H27NO4. The van der Waals surface area contributed by atoms with Gasteiger partial charge in [0, 0.05) is 17.3 Å². The summed E-state index contributed by atoms with van der Waals surface area (Å²) in [7, 11) is 0. The first-order valence-electron chi connectivity index (χ1n) is 8.28. The normalized spacial score (nSPS) is 22.0. The molecule has 2 unspecified atom stereocenters. The number of nitro groups is 1. The van der Waals surface area contributed by atoms with E-state index in [4.69, 9.17) is 0 Å². The van der Waals surface area contributed by atoms with Gasteiger partial charge in [-0.05, 0) is 6.42 Å². The van der Waals surface area contributed by atoms with Crippen LogP contribution in [0.4, 0.5) is 0 Å². The van der Waals surface area contributed by atoms with E-state index in [-0.39, 0.29) is 12.3 Å². The highest BCUT2D eigenvalue weighted by Crippen LogP contribution is 2.27. The highest BCUT2D eigenvalue weighted by atomic mass is 16.6. The second-order valence-electron chi connectivity index (χ2n) is 6.10. The van der Waals surface area contributed by atoms with Crippen molar-refractivity contribution in [2.45, 2.75) is 83.6 Å². The zero-order valence-electron chi connectivity index (χ0n) is 13.0. The lowest BCUT2D eigenvalue weighted by atomic mass is 9.95. The Balaban J connectivity index is 2.11. The van der Waals surface area contributed by atoms with Gasteiger partial charge in [0.2, 0.25) is 5.78 Å². The number of nitrogens with zero attached hydrogens (tertiary/aromatic N) is 1. The third-order valence-electron chi connectivity index (χ3n) is 4.34. The lowest BCUT2D eigenvalue weighted by Gasteiger charge is -2.10. The minimum atomic E-state index is -1.27. The summed E-state index contributed by atoms with van der Waals surface area (Å²) in [5.74, 6) is -1.72. The number of hydrogen-bond acceptors (Lipinski definition) is 4. The van der Waals surface area contributed by atoms with E-state index in [9.17, 15) is 19.7 Å². The topological polar surface area (TPSA) is 77.3 Å². The summed E-state index contributed by atoms with van der Waals surface area (Å²) in [4.78, 5) is 33.0. The van der Waals surface area contributed by atoms with Crippen LogP contribution in [0.2, 0.25) is 0 Å². The standard InChI is InChI=1S/C16H27NO4/c1-2-3-4-5-6-7-8-9-10-11-13-12-14(18)16(19)15(13)17(20)21/h13,15H,2-12H2,1H3. The number of carbonyl (C=O) groups excluding carboxylic acids is 2. The maximum Gasteiger partial charge on any atom is 0.281 e. The van der Waals surface area contributed by atoms with E-state index in [1.54, 1.807) is 0 Å². The van der Waals surface area contributed by atoms with Crippen molar-refractivity contribution < 1.29 is 14.5 Å². The molecule has 21 heavy (non-hydrogen) atoms. The average molecular weight is 297 g/mol. The number of ketones is 2. The van der Waals surface area contributed by atoms with Crippen molar-refractivity contribution in [3.63, 3.8) is 0 Å². The van der Waals surface area contributed by atoms with Crippen LogP contribution in [0.25, 0.3) is 0 Å². The van der Waals surface area contributed by atoms with E-state index in [0.717, 1.165) is 19.3 Å². The monoisotopic (exact) mass is 297 g/mol. The molecule has 2 atom stereocenters. The average Bonchev–Trinajstić information content (AvgIpc) is 2.72. The van der Waals surface area contributed by atoms with Gasteiger partial charge < -0.3 is 0 Å². The molecule has 5 heteroatoms. The van der Waals surface area contributed by atoms with Crippen LogP contribution in [0.5, 0.6) is 0 Å². The predicted molar refractivity (Wildman–Crippen MR) is 80.7 cm³/mol. The Kier molecular flexibility index (Phi) is 8.16. The molecule has 0 amide bonds. The maximum absolute atomic E-state index is 11.4. The molecule has 1 saturated carbocycles. The molecule has 1 fully saturated rings. The van der Waals surface area contributed by atoms with E-state index >= 15 is 0 Å². The van der Waals surface area contributed by atoms with Crippen molar-refractivity contribution >= 4 is 11.6 Å². The van der Waals surface area contributed by atoms with Crippen LogP contribution in [-0.2, 0) is 9.59 Å². The van der Waals surface area contributed by atoms with Gasteiger partial charge in [-0.2, -0.15) is 0 Å². The molecule has 1 aliphatic carbocycles. The summed E-state index contributed by atoms with van der Waals surface area (Å²) in [5, 5.41) is 10.9. The van der Waals surface area contributed by atoms with Crippen LogP contribution in [0.15, 0.2) is 0 Å². The van der Waals surface area contributed by atoms with Gasteiger partial charge in [0.1, 0.15) is 0 Å². The van der Waals surface area contributed by atoms with E-state index in [1.165, 1.54) is 38.5 Å². The van der Waals surface area contributed by atoms with Crippen molar-refractivity contribution in [3.8, 4) is 0 Å². The summed E-state index contributed by atoms with van der Waals surface area (Å²) in [6.45, 7) is 2.21. The number of hydrogen-bond donors (Lipinski definition) is 0. The lowest BCUT2D eigenvalue weighted by molar-refractivity contribution is -0.514. The number of Topliss-reactive ketones (excluding diaryl/α,β-unsaturated/α-hetero) is 2. The van der Waals surface area contributed by atoms with Crippen LogP contribution in [0, 0.1) is 16.0 Å². The minimum Gasteiger partial charge on any atom is -0.291 e. The van der Waals surface area contributed by atoms with Crippen molar-refractivity contribution in [3.05, 3.63) is 10.1 Å². The molecule has 0 aromatic carbocycles. The smallest absolute Gasteiger partial charge is 0.281 e. The van der Waals surface area contributed by atoms with Gasteiger partial charge in [-0.25, -0.2) is 0 Å². The van der Waals surface area contributed by atoms with E-state index in [1.807, 2.05) is 0 Å². The molecule has 1 rings (SSSR count). The van der Waals surface area contributed by atoms with E-state index < -0.39 is 22.5 Å². The first-order valence-corrected chi connectivity index (χ1v) is 8.28. The molecule has 0 saturated heterocycles. The van der Waals surface area contributed by atoms with Gasteiger partial charge in [-0.15, -0.1) is 0 Å². The largest absolute Gasteiger partial charge is 0.291 e. The lowest BCUT2D eigenvalue weighted by Crippen LogP contribution is -2.32. The summed E-state index contributed by atoms with van der Waals surface area (Å²) in [5.41, 5.74) is 0. The molecule has 0 heterocycles. The number of rotatable bonds is 11. The summed E-state index contributed by atoms with van der Waals surface area (Å²) in [6, 6.07) is -1.27. The van der Waals surface area contributed by atoms with Crippen molar-refractivity contribution in [2.75, 3.05) is 0 Å². The summed E-state index contributed by atoms with van der Waals surface area (Å²) in [6.07, 6.45) is 11.4. The van der Waals surface area contributed by atoms with Gasteiger partial charge in [0.25, 0.3) is 11.8 Å². The highest BCUT2D eigenvalue weighted by Gasteiger charge is 2.49. The molecule has 0 aromatic heterocycles. The first kappa shape index (κ1) is 17.8. The second kappa shape index (κ2) is 9.64. The van der Waals surface area contributed by atoms with Gasteiger partial charge in [-0.3, -0.25) is 19.7 Å². The van der Waals surface area contributed by atoms with Gasteiger partial charge >= 0.3 is 0 Å². The SMILES string of the molecule is CCCCCCCCCCCC1CC(=O)C(=O)C1[N+](=O)[O-]. The van der Waals surface area contributed by atoms with Crippen LogP contribution >= 0.6 is 0 Å². The minimum absolute atomic E-state index is 0.0709. The zero-order valence-corrected chi connectivity index (χ0v) is 13.0. The molecule has 0 radical (unpaired) electrons. The Morgan fingerprint density at radius 1 is 1.00 bits per heavy atom. The fraction of sp³-hybridized carbons (Fsp3) is 0.875. The molecule has 0 aliphatic heterocycles. The molecule has 0 N–H and O–H groups in total. The molecule has 5 nitrogen and oxygen atoms in total. The van der Waals surface area contributed by atoms with Gasteiger partial charge in [-0.1, -0.05) is 64.7 Å². The van der Waals surface area contributed by atoms with Crippen molar-refractivity contribution in [2.24, 2.45) is 5.92 Å². The van der Waals surface area contributed by atoms with Crippen LogP contribution in [-0.4, -0.2) is 22.5 Å².